The molecule has 0 N–H and O–H groups in total. The van der Waals surface area contributed by atoms with E-state index in [4.69, 9.17) is 16.1 Å². The molecule has 0 fully saturated rings. The normalized spacial score (nSPS) is 11.2. The van der Waals surface area contributed by atoms with Gasteiger partial charge in [-0.2, -0.15) is 5.10 Å². The summed E-state index contributed by atoms with van der Waals surface area (Å²) in [5, 5.41) is 19.9. The zero-order valence-electron chi connectivity index (χ0n) is 11.3. The van der Waals surface area contributed by atoms with Gasteiger partial charge in [0.2, 0.25) is 0 Å². The van der Waals surface area contributed by atoms with Gasteiger partial charge >= 0.3 is 0 Å². The summed E-state index contributed by atoms with van der Waals surface area (Å²) in [7, 11) is 0. The number of rotatable bonds is 3. The lowest BCUT2D eigenvalue weighted by Crippen LogP contribution is -2.03. The summed E-state index contributed by atoms with van der Waals surface area (Å²) in [5.41, 5.74) is 2.32. The molecule has 0 radical (unpaired) electrons. The SMILES string of the molecule is Cc1noc(C)c1Cn1ncc2cc([N+](=O)[O-])cc(Cl)c21. The van der Waals surface area contributed by atoms with E-state index in [1.807, 2.05) is 13.8 Å². The Balaban J connectivity index is 2.11. The fourth-order valence-electron chi connectivity index (χ4n) is 2.27. The van der Waals surface area contributed by atoms with Crippen LogP contribution in [-0.2, 0) is 6.54 Å². The van der Waals surface area contributed by atoms with Crippen molar-refractivity contribution in [1.82, 2.24) is 14.9 Å². The fourth-order valence-corrected chi connectivity index (χ4v) is 2.59. The minimum atomic E-state index is -0.475. The Morgan fingerprint density at radius 1 is 1.43 bits per heavy atom. The van der Waals surface area contributed by atoms with Gasteiger partial charge in [-0.1, -0.05) is 16.8 Å². The average Bonchev–Trinajstić information content (AvgIpc) is 2.97. The van der Waals surface area contributed by atoms with E-state index in [-0.39, 0.29) is 5.69 Å². The van der Waals surface area contributed by atoms with Crippen LogP contribution >= 0.6 is 11.6 Å². The minimum Gasteiger partial charge on any atom is -0.361 e. The quantitative estimate of drug-likeness (QED) is 0.547. The third-order valence-corrected chi connectivity index (χ3v) is 3.66. The van der Waals surface area contributed by atoms with Gasteiger partial charge in [0.25, 0.3) is 5.69 Å². The Morgan fingerprint density at radius 3 is 2.81 bits per heavy atom. The zero-order valence-corrected chi connectivity index (χ0v) is 12.1. The molecule has 0 spiro atoms. The van der Waals surface area contributed by atoms with Crippen molar-refractivity contribution in [2.24, 2.45) is 0 Å². The van der Waals surface area contributed by atoms with Crippen LogP contribution < -0.4 is 0 Å². The fraction of sp³-hybridized carbons (Fsp3) is 0.231. The van der Waals surface area contributed by atoms with Gasteiger partial charge in [-0.25, -0.2) is 0 Å². The molecule has 0 saturated heterocycles. The summed E-state index contributed by atoms with van der Waals surface area (Å²) in [5.74, 6) is 0.717. The van der Waals surface area contributed by atoms with Crippen LogP contribution in [0.15, 0.2) is 22.9 Å². The highest BCUT2D eigenvalue weighted by Crippen LogP contribution is 2.29. The van der Waals surface area contributed by atoms with Crippen LogP contribution in [0.25, 0.3) is 10.9 Å². The number of aromatic nitrogens is 3. The minimum absolute atomic E-state index is 0.0515. The van der Waals surface area contributed by atoms with Crippen LogP contribution in [-0.4, -0.2) is 19.9 Å². The molecule has 108 valence electrons. The molecule has 2 heterocycles. The van der Waals surface area contributed by atoms with Gasteiger partial charge in [0.05, 0.1) is 33.9 Å². The number of nitrogens with zero attached hydrogens (tertiary/aromatic N) is 4. The van der Waals surface area contributed by atoms with Gasteiger partial charge in [0.15, 0.2) is 0 Å². The van der Waals surface area contributed by atoms with Gasteiger partial charge in [-0.15, -0.1) is 0 Å². The third-order valence-electron chi connectivity index (χ3n) is 3.37. The van der Waals surface area contributed by atoms with Crippen molar-refractivity contribution >= 4 is 28.2 Å². The van der Waals surface area contributed by atoms with E-state index in [2.05, 4.69) is 10.3 Å². The Labute approximate surface area is 124 Å². The Bertz CT molecular complexity index is 833. The molecule has 1 aromatic carbocycles. The van der Waals surface area contributed by atoms with Crippen molar-refractivity contribution in [1.29, 1.82) is 0 Å². The standard InChI is InChI=1S/C13H11ClN4O3/c1-7-11(8(2)21-16-7)6-17-13-9(5-15-17)3-10(18(19)20)4-12(13)14/h3-5H,6H2,1-2H3. The number of non-ortho nitro benzene ring substituents is 1. The summed E-state index contributed by atoms with van der Waals surface area (Å²) in [6.45, 7) is 4.12. The van der Waals surface area contributed by atoms with E-state index in [9.17, 15) is 10.1 Å². The highest BCUT2D eigenvalue weighted by molar-refractivity contribution is 6.35. The molecular weight excluding hydrogens is 296 g/mol. The molecule has 0 aliphatic heterocycles. The van der Waals surface area contributed by atoms with E-state index in [1.54, 1.807) is 10.9 Å². The Hall–Kier alpha value is -2.41. The first-order valence-electron chi connectivity index (χ1n) is 6.18. The van der Waals surface area contributed by atoms with Crippen LogP contribution in [0, 0.1) is 24.0 Å². The van der Waals surface area contributed by atoms with E-state index in [0.717, 1.165) is 11.3 Å². The predicted octanol–water partition coefficient (Wildman–Crippen LogP) is 3.25. The summed E-state index contributed by atoms with van der Waals surface area (Å²) >= 11 is 6.17. The van der Waals surface area contributed by atoms with Gasteiger partial charge < -0.3 is 4.52 Å². The zero-order chi connectivity index (χ0) is 15.1. The molecule has 3 rings (SSSR count). The second-order valence-electron chi connectivity index (χ2n) is 4.73. The molecular formula is C13H11ClN4O3. The Kier molecular flexibility index (Phi) is 3.13. The third kappa shape index (κ3) is 2.25. The molecule has 3 aromatic rings. The second-order valence-corrected chi connectivity index (χ2v) is 5.13. The largest absolute Gasteiger partial charge is 0.361 e. The van der Waals surface area contributed by atoms with Gasteiger partial charge in [0, 0.05) is 23.1 Å². The summed E-state index contributed by atoms with van der Waals surface area (Å²) in [6, 6.07) is 2.79. The highest BCUT2D eigenvalue weighted by Gasteiger charge is 2.17. The molecule has 8 heteroatoms. The second kappa shape index (κ2) is 4.85. The lowest BCUT2D eigenvalue weighted by Gasteiger charge is -2.04. The number of halogens is 1. The Morgan fingerprint density at radius 2 is 2.19 bits per heavy atom. The first-order chi connectivity index (χ1) is 9.97. The molecule has 21 heavy (non-hydrogen) atoms. The van der Waals surface area contributed by atoms with Crippen molar-refractivity contribution in [3.63, 3.8) is 0 Å². The number of nitro benzene ring substituents is 1. The smallest absolute Gasteiger partial charge is 0.271 e. The maximum absolute atomic E-state index is 10.8. The maximum Gasteiger partial charge on any atom is 0.271 e. The predicted molar refractivity (Wildman–Crippen MR) is 76.5 cm³/mol. The molecule has 0 unspecified atom stereocenters. The van der Waals surface area contributed by atoms with E-state index >= 15 is 0 Å². The van der Waals surface area contributed by atoms with Crippen molar-refractivity contribution in [2.75, 3.05) is 0 Å². The molecule has 2 aromatic heterocycles. The number of nitro groups is 1. The van der Waals surface area contributed by atoms with Crippen molar-refractivity contribution in [3.05, 3.63) is 50.5 Å². The number of benzene rings is 1. The van der Waals surface area contributed by atoms with E-state index in [1.165, 1.54) is 12.1 Å². The van der Waals surface area contributed by atoms with Crippen LogP contribution in [0.1, 0.15) is 17.0 Å². The van der Waals surface area contributed by atoms with E-state index < -0.39 is 4.92 Å². The topological polar surface area (TPSA) is 87.0 Å². The first kappa shape index (κ1) is 13.6. The highest BCUT2D eigenvalue weighted by atomic mass is 35.5. The van der Waals surface area contributed by atoms with Crippen molar-refractivity contribution in [2.45, 2.75) is 20.4 Å². The molecule has 0 aliphatic carbocycles. The monoisotopic (exact) mass is 306 g/mol. The van der Waals surface area contributed by atoms with Crippen molar-refractivity contribution < 1.29 is 9.45 Å². The lowest BCUT2D eigenvalue weighted by atomic mass is 10.2. The summed E-state index contributed by atoms with van der Waals surface area (Å²) in [6.07, 6.45) is 1.56. The number of aryl methyl sites for hydroxylation is 2. The molecule has 0 bridgehead atoms. The lowest BCUT2D eigenvalue weighted by molar-refractivity contribution is -0.384. The van der Waals surface area contributed by atoms with E-state index in [0.29, 0.717) is 28.2 Å². The summed E-state index contributed by atoms with van der Waals surface area (Å²) < 4.78 is 6.81. The van der Waals surface area contributed by atoms with Crippen LogP contribution in [0.3, 0.4) is 0 Å². The molecule has 0 atom stereocenters. The number of hydrogen-bond acceptors (Lipinski definition) is 5. The average molecular weight is 307 g/mol. The maximum atomic E-state index is 10.8. The van der Waals surface area contributed by atoms with Crippen LogP contribution in [0.5, 0.6) is 0 Å². The van der Waals surface area contributed by atoms with Crippen molar-refractivity contribution in [3.8, 4) is 0 Å². The van der Waals surface area contributed by atoms with Gasteiger partial charge in [-0.3, -0.25) is 14.8 Å². The van der Waals surface area contributed by atoms with Gasteiger partial charge in [-0.05, 0) is 13.8 Å². The van der Waals surface area contributed by atoms with Gasteiger partial charge in [0.1, 0.15) is 5.76 Å². The number of fused-ring (bicyclic) bond motifs is 1. The molecule has 7 nitrogen and oxygen atoms in total. The number of hydrogen-bond donors (Lipinski definition) is 0. The molecule has 0 saturated carbocycles. The summed E-state index contributed by atoms with van der Waals surface area (Å²) in [4.78, 5) is 10.4. The van der Waals surface area contributed by atoms with Crippen LogP contribution in [0.2, 0.25) is 5.02 Å². The molecule has 0 amide bonds. The van der Waals surface area contributed by atoms with Crippen LogP contribution in [0.4, 0.5) is 5.69 Å². The molecule has 0 aliphatic rings. The first-order valence-corrected chi connectivity index (χ1v) is 6.56.